The third-order valence-corrected chi connectivity index (χ3v) is 6.33. The van der Waals surface area contributed by atoms with Gasteiger partial charge in [-0.2, -0.15) is 0 Å². The van der Waals surface area contributed by atoms with Gasteiger partial charge in [0.1, 0.15) is 0 Å². The van der Waals surface area contributed by atoms with Gasteiger partial charge in [0, 0.05) is 62.9 Å². The SMILES string of the molecule is Cl.Cl.Cl.O=C(NCCN1CCN(Cc2ccc(Cl)cc2)CC1)c1ccc2c(c1)CNCCC2. The molecule has 2 heterocycles. The Hall–Kier alpha value is -1.05. The highest BCUT2D eigenvalue weighted by molar-refractivity contribution is 6.30. The van der Waals surface area contributed by atoms with Crippen LogP contribution in [0.1, 0.15) is 33.5 Å². The van der Waals surface area contributed by atoms with Gasteiger partial charge in [0.15, 0.2) is 0 Å². The smallest absolute Gasteiger partial charge is 0.251 e. The lowest BCUT2D eigenvalue weighted by Crippen LogP contribution is -2.48. The van der Waals surface area contributed by atoms with Crippen molar-refractivity contribution in [3.8, 4) is 0 Å². The second kappa shape index (κ2) is 15.0. The van der Waals surface area contributed by atoms with Crippen LogP contribution in [0.4, 0.5) is 0 Å². The Kier molecular flexibility index (Phi) is 13.7. The van der Waals surface area contributed by atoms with Gasteiger partial charge in [0.05, 0.1) is 0 Å². The molecule has 2 aliphatic heterocycles. The zero-order valence-corrected chi connectivity index (χ0v) is 21.9. The molecule has 2 aromatic rings. The van der Waals surface area contributed by atoms with Gasteiger partial charge >= 0.3 is 0 Å². The monoisotopic (exact) mass is 534 g/mol. The highest BCUT2D eigenvalue weighted by Gasteiger charge is 2.17. The predicted molar refractivity (Wildman–Crippen MR) is 144 cm³/mol. The molecule has 0 saturated carbocycles. The summed E-state index contributed by atoms with van der Waals surface area (Å²) in [5, 5.41) is 7.31. The molecule has 9 heteroatoms. The van der Waals surface area contributed by atoms with Gasteiger partial charge in [-0.15, -0.1) is 37.2 Å². The van der Waals surface area contributed by atoms with Crippen LogP contribution in [0.5, 0.6) is 0 Å². The average molecular weight is 536 g/mol. The van der Waals surface area contributed by atoms with Crippen LogP contribution < -0.4 is 10.6 Å². The van der Waals surface area contributed by atoms with Crippen LogP contribution >= 0.6 is 48.8 Å². The number of halogens is 4. The maximum atomic E-state index is 12.6. The molecule has 0 atom stereocenters. The maximum absolute atomic E-state index is 12.6. The number of hydrogen-bond donors (Lipinski definition) is 2. The summed E-state index contributed by atoms with van der Waals surface area (Å²) in [7, 11) is 0. The van der Waals surface area contributed by atoms with Crippen LogP contribution in [-0.4, -0.2) is 61.5 Å². The molecule has 4 rings (SSSR count). The molecular weight excluding hydrogens is 502 g/mol. The summed E-state index contributed by atoms with van der Waals surface area (Å²) in [6.45, 7) is 8.62. The predicted octanol–water partition coefficient (Wildman–Crippen LogP) is 4.19. The fraction of sp³-hybridized carbons (Fsp3) is 0.458. The van der Waals surface area contributed by atoms with Gasteiger partial charge < -0.3 is 10.6 Å². The van der Waals surface area contributed by atoms with Gasteiger partial charge in [-0.1, -0.05) is 29.8 Å². The van der Waals surface area contributed by atoms with Crippen LogP contribution in [0.3, 0.4) is 0 Å². The Morgan fingerprint density at radius 3 is 2.36 bits per heavy atom. The number of piperazine rings is 1. The Morgan fingerprint density at radius 2 is 1.64 bits per heavy atom. The molecular formula is C24H34Cl4N4O. The fourth-order valence-corrected chi connectivity index (χ4v) is 4.38. The third-order valence-electron chi connectivity index (χ3n) is 6.08. The van der Waals surface area contributed by atoms with E-state index in [0.717, 1.165) is 75.8 Å². The third kappa shape index (κ3) is 8.91. The zero-order chi connectivity index (χ0) is 20.8. The molecule has 33 heavy (non-hydrogen) atoms. The lowest BCUT2D eigenvalue weighted by atomic mass is 10.0. The first-order chi connectivity index (χ1) is 14.7. The number of amides is 1. The second-order valence-electron chi connectivity index (χ2n) is 8.26. The summed E-state index contributed by atoms with van der Waals surface area (Å²) < 4.78 is 0. The van der Waals surface area contributed by atoms with Crippen molar-refractivity contribution in [1.82, 2.24) is 20.4 Å². The van der Waals surface area contributed by atoms with Crippen LogP contribution in [0.15, 0.2) is 42.5 Å². The van der Waals surface area contributed by atoms with E-state index in [4.69, 9.17) is 11.6 Å². The van der Waals surface area contributed by atoms with Crippen molar-refractivity contribution < 1.29 is 4.79 Å². The molecule has 5 nitrogen and oxygen atoms in total. The lowest BCUT2D eigenvalue weighted by molar-refractivity contribution is 0.0934. The van der Waals surface area contributed by atoms with Gasteiger partial charge in [-0.25, -0.2) is 0 Å². The molecule has 2 aliphatic rings. The zero-order valence-electron chi connectivity index (χ0n) is 18.7. The van der Waals surface area contributed by atoms with E-state index in [1.807, 2.05) is 18.2 Å². The van der Waals surface area contributed by atoms with Gasteiger partial charge in [-0.05, 0) is 60.3 Å². The van der Waals surface area contributed by atoms with E-state index in [0.29, 0.717) is 6.54 Å². The molecule has 0 unspecified atom stereocenters. The summed E-state index contributed by atoms with van der Waals surface area (Å²) in [5.74, 6) is 0.0309. The minimum absolute atomic E-state index is 0. The van der Waals surface area contributed by atoms with Crippen molar-refractivity contribution in [2.45, 2.75) is 25.9 Å². The molecule has 0 bridgehead atoms. The number of carbonyl (C=O) groups excluding carboxylic acids is 1. The molecule has 0 aromatic heterocycles. The number of rotatable bonds is 6. The molecule has 1 amide bonds. The van der Waals surface area contributed by atoms with Crippen molar-refractivity contribution in [1.29, 1.82) is 0 Å². The molecule has 1 saturated heterocycles. The van der Waals surface area contributed by atoms with E-state index in [-0.39, 0.29) is 43.1 Å². The number of carbonyl (C=O) groups is 1. The largest absolute Gasteiger partial charge is 0.351 e. The quantitative estimate of drug-likeness (QED) is 0.582. The Morgan fingerprint density at radius 1 is 0.939 bits per heavy atom. The van der Waals surface area contributed by atoms with Crippen molar-refractivity contribution >= 4 is 54.7 Å². The number of nitrogens with one attached hydrogen (secondary N) is 2. The lowest BCUT2D eigenvalue weighted by Gasteiger charge is -2.34. The Labute approximate surface area is 220 Å². The first-order valence-corrected chi connectivity index (χ1v) is 11.3. The highest BCUT2D eigenvalue weighted by Crippen LogP contribution is 2.17. The summed E-state index contributed by atoms with van der Waals surface area (Å²) >= 11 is 5.97. The summed E-state index contributed by atoms with van der Waals surface area (Å²) in [6, 6.07) is 14.3. The van der Waals surface area contributed by atoms with E-state index in [2.05, 4.69) is 44.7 Å². The number of benzene rings is 2. The van der Waals surface area contributed by atoms with Gasteiger partial charge in [-0.3, -0.25) is 14.6 Å². The Bertz CT molecular complexity index is 858. The minimum atomic E-state index is 0. The van der Waals surface area contributed by atoms with Crippen molar-refractivity contribution in [3.05, 3.63) is 69.7 Å². The van der Waals surface area contributed by atoms with Crippen molar-refractivity contribution in [2.75, 3.05) is 45.8 Å². The standard InChI is InChI=1S/C24H31ClN4O.3ClH/c25-23-7-3-19(4-8-23)18-29-14-12-28(13-15-29)11-10-27-24(30)21-6-5-20-2-1-9-26-17-22(20)16-21;;;/h3-8,16,26H,1-2,9-15,17-18H2,(H,27,30);3*1H. The van der Waals surface area contributed by atoms with Crippen LogP contribution in [-0.2, 0) is 19.5 Å². The van der Waals surface area contributed by atoms with Crippen LogP contribution in [0.25, 0.3) is 0 Å². The Balaban J connectivity index is 0.00000181. The topological polar surface area (TPSA) is 47.6 Å². The second-order valence-corrected chi connectivity index (χ2v) is 8.70. The molecule has 0 aliphatic carbocycles. The number of fused-ring (bicyclic) bond motifs is 1. The molecule has 0 radical (unpaired) electrons. The van der Waals surface area contributed by atoms with E-state index in [1.165, 1.54) is 16.7 Å². The number of hydrogen-bond acceptors (Lipinski definition) is 4. The normalized spacial score (nSPS) is 16.3. The highest BCUT2D eigenvalue weighted by atomic mass is 35.5. The van der Waals surface area contributed by atoms with Gasteiger partial charge in [0.2, 0.25) is 0 Å². The number of nitrogens with zero attached hydrogens (tertiary/aromatic N) is 2. The maximum Gasteiger partial charge on any atom is 0.251 e. The first kappa shape index (κ1) is 30.0. The van der Waals surface area contributed by atoms with Crippen molar-refractivity contribution in [2.24, 2.45) is 0 Å². The molecule has 2 aromatic carbocycles. The van der Waals surface area contributed by atoms with E-state index in [9.17, 15) is 4.79 Å². The summed E-state index contributed by atoms with van der Waals surface area (Å²) in [5.41, 5.74) is 4.70. The fourth-order valence-electron chi connectivity index (χ4n) is 4.25. The van der Waals surface area contributed by atoms with E-state index in [1.54, 1.807) is 0 Å². The summed E-state index contributed by atoms with van der Waals surface area (Å²) in [4.78, 5) is 17.5. The molecule has 0 spiro atoms. The van der Waals surface area contributed by atoms with E-state index >= 15 is 0 Å². The van der Waals surface area contributed by atoms with E-state index < -0.39 is 0 Å². The molecule has 184 valence electrons. The first-order valence-electron chi connectivity index (χ1n) is 11.0. The van der Waals surface area contributed by atoms with Crippen LogP contribution in [0, 0.1) is 0 Å². The molecule has 2 N–H and O–H groups in total. The molecule has 1 fully saturated rings. The minimum Gasteiger partial charge on any atom is -0.351 e. The van der Waals surface area contributed by atoms with Gasteiger partial charge in [0.25, 0.3) is 5.91 Å². The van der Waals surface area contributed by atoms with Crippen LogP contribution in [0.2, 0.25) is 5.02 Å². The average Bonchev–Trinajstić information content (AvgIpc) is 3.01. The summed E-state index contributed by atoms with van der Waals surface area (Å²) in [6.07, 6.45) is 2.25. The van der Waals surface area contributed by atoms with Crippen molar-refractivity contribution in [3.63, 3.8) is 0 Å². The number of aryl methyl sites for hydroxylation is 1.